The summed E-state index contributed by atoms with van der Waals surface area (Å²) in [7, 11) is 0. The summed E-state index contributed by atoms with van der Waals surface area (Å²) in [5.41, 5.74) is -0.425. The number of hydrogen-bond acceptors (Lipinski definition) is 6. The van der Waals surface area contributed by atoms with E-state index in [1.54, 1.807) is 20.8 Å². The number of ether oxygens (including phenoxy) is 1. The van der Waals surface area contributed by atoms with Crippen LogP contribution in [0, 0.1) is 0 Å². The highest BCUT2D eigenvalue weighted by atomic mass is 16.6. The van der Waals surface area contributed by atoms with Crippen LogP contribution in [0.5, 0.6) is 5.75 Å². The Morgan fingerprint density at radius 2 is 2.00 bits per heavy atom. The number of carboxylic acid groups (broad SMARTS) is 1. The van der Waals surface area contributed by atoms with Crippen molar-refractivity contribution in [3.8, 4) is 17.1 Å². The van der Waals surface area contributed by atoms with E-state index in [1.807, 2.05) is 0 Å². The number of aromatic carboxylic acids is 1. The average molecular weight is 320 g/mol. The van der Waals surface area contributed by atoms with Gasteiger partial charge in [0.15, 0.2) is 5.76 Å². The van der Waals surface area contributed by atoms with Crippen molar-refractivity contribution in [1.29, 1.82) is 0 Å². The molecule has 1 aromatic heterocycles. The lowest BCUT2D eigenvalue weighted by atomic mass is 10.1. The molecule has 2 aromatic rings. The number of phenolic OH excluding ortho intramolecular Hbond substituents is 1. The number of carbonyl (C=O) groups excluding carboxylic acids is 1. The van der Waals surface area contributed by atoms with Gasteiger partial charge in [0.2, 0.25) is 0 Å². The molecule has 0 atom stereocenters. The number of hydrogen-bond donors (Lipinski definition) is 3. The summed E-state index contributed by atoms with van der Waals surface area (Å²) in [4.78, 5) is 22.9. The molecular weight excluding hydrogens is 304 g/mol. The number of aromatic hydroxyl groups is 1. The molecule has 0 aliphatic carbocycles. The Hall–Kier alpha value is -3.03. The second-order valence-electron chi connectivity index (χ2n) is 5.73. The van der Waals surface area contributed by atoms with Gasteiger partial charge in [0, 0.05) is 5.56 Å². The molecule has 8 nitrogen and oxygen atoms in total. The molecule has 8 heteroatoms. The first-order chi connectivity index (χ1) is 10.7. The number of aromatic nitrogens is 1. The number of nitrogens with zero attached hydrogens (tertiary/aromatic N) is 1. The second-order valence-corrected chi connectivity index (χ2v) is 5.73. The van der Waals surface area contributed by atoms with Crippen LogP contribution in [0.3, 0.4) is 0 Å². The normalized spacial score (nSPS) is 11.1. The monoisotopic (exact) mass is 320 g/mol. The third-order valence-corrected chi connectivity index (χ3v) is 2.70. The lowest BCUT2D eigenvalue weighted by Gasteiger charge is -2.20. The molecule has 0 bridgehead atoms. The van der Waals surface area contributed by atoms with Crippen LogP contribution in [0.1, 0.15) is 31.1 Å². The summed E-state index contributed by atoms with van der Waals surface area (Å²) in [5.74, 6) is -1.38. The maximum Gasteiger partial charge on any atom is 0.412 e. The van der Waals surface area contributed by atoms with Gasteiger partial charge in [0.05, 0.1) is 11.9 Å². The zero-order valence-corrected chi connectivity index (χ0v) is 12.8. The van der Waals surface area contributed by atoms with Gasteiger partial charge in [-0.3, -0.25) is 5.32 Å². The molecule has 1 heterocycles. The summed E-state index contributed by atoms with van der Waals surface area (Å²) < 4.78 is 10.0. The number of phenols is 1. The van der Waals surface area contributed by atoms with E-state index in [1.165, 1.54) is 18.2 Å². The van der Waals surface area contributed by atoms with E-state index in [4.69, 9.17) is 14.4 Å². The molecule has 122 valence electrons. The van der Waals surface area contributed by atoms with E-state index < -0.39 is 17.7 Å². The second kappa shape index (κ2) is 5.99. The number of anilines is 1. The van der Waals surface area contributed by atoms with Crippen molar-refractivity contribution in [2.24, 2.45) is 0 Å². The molecule has 2 rings (SSSR count). The average Bonchev–Trinajstić information content (AvgIpc) is 2.88. The number of rotatable bonds is 3. The topological polar surface area (TPSA) is 122 Å². The predicted molar refractivity (Wildman–Crippen MR) is 80.4 cm³/mol. The van der Waals surface area contributed by atoms with Crippen LogP contribution in [-0.4, -0.2) is 33.0 Å². The fourth-order valence-electron chi connectivity index (χ4n) is 1.79. The third-order valence-electron chi connectivity index (χ3n) is 2.70. The van der Waals surface area contributed by atoms with E-state index >= 15 is 0 Å². The van der Waals surface area contributed by atoms with E-state index in [9.17, 15) is 14.7 Å². The molecule has 0 aliphatic heterocycles. The highest BCUT2D eigenvalue weighted by Crippen LogP contribution is 2.31. The Labute approximate surface area is 131 Å². The maximum absolute atomic E-state index is 11.8. The van der Waals surface area contributed by atoms with Crippen LogP contribution in [0.4, 0.5) is 10.5 Å². The molecule has 1 amide bonds. The van der Waals surface area contributed by atoms with Crippen molar-refractivity contribution in [2.75, 3.05) is 5.32 Å². The van der Waals surface area contributed by atoms with Crippen molar-refractivity contribution >= 4 is 17.7 Å². The van der Waals surface area contributed by atoms with Crippen molar-refractivity contribution in [3.05, 3.63) is 30.0 Å². The Morgan fingerprint density at radius 3 is 2.61 bits per heavy atom. The maximum atomic E-state index is 11.8. The van der Waals surface area contributed by atoms with Gasteiger partial charge in [-0.25, -0.2) is 9.59 Å². The number of carbonyl (C=O) groups is 2. The minimum atomic E-state index is -1.20. The summed E-state index contributed by atoms with van der Waals surface area (Å²) in [6, 6.07) is 4.12. The summed E-state index contributed by atoms with van der Waals surface area (Å²) in [5, 5.41) is 24.7. The first-order valence-corrected chi connectivity index (χ1v) is 6.69. The first-order valence-electron chi connectivity index (χ1n) is 6.69. The molecule has 0 fully saturated rings. The van der Waals surface area contributed by atoms with E-state index in [0.29, 0.717) is 5.56 Å². The molecule has 0 saturated heterocycles. The van der Waals surface area contributed by atoms with Crippen molar-refractivity contribution in [3.63, 3.8) is 0 Å². The lowest BCUT2D eigenvalue weighted by molar-refractivity contribution is 0.0633. The van der Waals surface area contributed by atoms with E-state index in [2.05, 4.69) is 10.5 Å². The van der Waals surface area contributed by atoms with Crippen LogP contribution < -0.4 is 5.32 Å². The molecule has 0 aliphatic rings. The van der Waals surface area contributed by atoms with E-state index in [0.717, 1.165) is 6.20 Å². The Balaban J connectivity index is 2.31. The molecule has 23 heavy (non-hydrogen) atoms. The molecule has 0 unspecified atom stereocenters. The number of benzene rings is 1. The summed E-state index contributed by atoms with van der Waals surface area (Å²) in [6.07, 6.45) is 0.326. The lowest BCUT2D eigenvalue weighted by Crippen LogP contribution is -2.27. The largest absolute Gasteiger partial charge is 0.506 e. The zero-order chi connectivity index (χ0) is 17.2. The van der Waals surface area contributed by atoms with Crippen LogP contribution in [0.15, 0.2) is 28.9 Å². The van der Waals surface area contributed by atoms with Crippen LogP contribution >= 0.6 is 0 Å². The Morgan fingerprint density at radius 1 is 1.30 bits per heavy atom. The van der Waals surface area contributed by atoms with Gasteiger partial charge >= 0.3 is 12.1 Å². The summed E-state index contributed by atoms with van der Waals surface area (Å²) >= 11 is 0. The number of amides is 1. The van der Waals surface area contributed by atoms with Crippen LogP contribution in [-0.2, 0) is 4.74 Å². The van der Waals surface area contributed by atoms with Gasteiger partial charge < -0.3 is 19.5 Å². The molecule has 3 N–H and O–H groups in total. The standard InChI is InChI=1S/C15H16N2O6/c1-15(2,3)22-14(21)17-10-6-8(4-5-11(10)18)12-9(13(19)20)7-16-23-12/h4-7,18H,1-3H3,(H,17,21)(H,19,20). The van der Waals surface area contributed by atoms with Gasteiger partial charge in [0.1, 0.15) is 16.9 Å². The Kier molecular flexibility index (Phi) is 4.26. The molecule has 1 aromatic carbocycles. The fourth-order valence-corrected chi connectivity index (χ4v) is 1.79. The minimum absolute atomic E-state index is 0.0183. The summed E-state index contributed by atoms with van der Waals surface area (Å²) in [6.45, 7) is 5.11. The van der Waals surface area contributed by atoms with Crippen LogP contribution in [0.2, 0.25) is 0 Å². The zero-order valence-electron chi connectivity index (χ0n) is 12.8. The highest BCUT2D eigenvalue weighted by molar-refractivity contribution is 5.95. The van der Waals surface area contributed by atoms with Crippen molar-refractivity contribution in [1.82, 2.24) is 5.16 Å². The van der Waals surface area contributed by atoms with Gasteiger partial charge in [-0.1, -0.05) is 5.16 Å². The van der Waals surface area contributed by atoms with Gasteiger partial charge in [-0.05, 0) is 39.0 Å². The van der Waals surface area contributed by atoms with Crippen molar-refractivity contribution < 1.29 is 29.1 Å². The van der Waals surface area contributed by atoms with Gasteiger partial charge in [-0.15, -0.1) is 0 Å². The van der Waals surface area contributed by atoms with Gasteiger partial charge in [-0.2, -0.15) is 0 Å². The fraction of sp³-hybridized carbons (Fsp3) is 0.267. The van der Waals surface area contributed by atoms with Gasteiger partial charge in [0.25, 0.3) is 0 Å². The first kappa shape index (κ1) is 16.3. The predicted octanol–water partition coefficient (Wildman–Crippen LogP) is 3.09. The smallest absolute Gasteiger partial charge is 0.412 e. The third kappa shape index (κ3) is 4.00. The molecule has 0 spiro atoms. The highest BCUT2D eigenvalue weighted by Gasteiger charge is 2.20. The SMILES string of the molecule is CC(C)(C)OC(=O)Nc1cc(-c2oncc2C(=O)O)ccc1O. The number of nitrogens with one attached hydrogen (secondary N) is 1. The van der Waals surface area contributed by atoms with Crippen LogP contribution in [0.25, 0.3) is 11.3 Å². The molecule has 0 radical (unpaired) electrons. The number of carboxylic acids is 1. The minimum Gasteiger partial charge on any atom is -0.506 e. The quantitative estimate of drug-likeness (QED) is 0.743. The molecule has 0 saturated carbocycles. The Bertz CT molecular complexity index is 745. The molecular formula is C15H16N2O6. The van der Waals surface area contributed by atoms with E-state index in [-0.39, 0.29) is 22.8 Å². The van der Waals surface area contributed by atoms with Crippen molar-refractivity contribution in [2.45, 2.75) is 26.4 Å².